The average molecular weight is 454 g/mol. The van der Waals surface area contributed by atoms with Crippen LogP contribution in [0.4, 0.5) is 13.2 Å². The molecular formula is C24H21F3N4O2. The third-order valence-electron chi connectivity index (χ3n) is 5.95. The zero-order valence-corrected chi connectivity index (χ0v) is 18.1. The summed E-state index contributed by atoms with van der Waals surface area (Å²) in [6.07, 6.45) is -1.03. The first-order chi connectivity index (χ1) is 15.8. The van der Waals surface area contributed by atoms with Gasteiger partial charge in [0.15, 0.2) is 17.5 Å². The lowest BCUT2D eigenvalue weighted by Crippen LogP contribution is -2.18. The van der Waals surface area contributed by atoms with Gasteiger partial charge in [-0.2, -0.15) is 13.2 Å². The lowest BCUT2D eigenvalue weighted by molar-refractivity contribution is -0.137. The molecule has 5 rings (SSSR count). The minimum atomic E-state index is -4.35. The molecule has 1 aliphatic heterocycles. The predicted octanol–water partition coefficient (Wildman–Crippen LogP) is 5.86. The van der Waals surface area contributed by atoms with Crippen molar-refractivity contribution in [2.24, 2.45) is 0 Å². The summed E-state index contributed by atoms with van der Waals surface area (Å²) in [5.74, 6) is 3.14. The molecule has 2 aromatic heterocycles. The van der Waals surface area contributed by atoms with Gasteiger partial charge in [0, 0.05) is 24.9 Å². The SMILES string of the molecule is COc1cc(-c2nnc3n2CCCC3c2ccc(C(F)(F)F)cc2)ccc1-c1cnc(C)o1. The number of hydrogen-bond acceptors (Lipinski definition) is 5. The maximum absolute atomic E-state index is 12.9. The first kappa shape index (κ1) is 21.2. The van der Waals surface area contributed by atoms with Crippen LogP contribution in [0.1, 0.15) is 41.6 Å². The number of benzene rings is 2. The van der Waals surface area contributed by atoms with E-state index >= 15 is 0 Å². The topological polar surface area (TPSA) is 66.0 Å². The molecule has 0 saturated heterocycles. The van der Waals surface area contributed by atoms with Crippen LogP contribution in [-0.4, -0.2) is 26.9 Å². The van der Waals surface area contributed by atoms with Crippen LogP contribution in [0, 0.1) is 6.92 Å². The number of aromatic nitrogens is 4. The number of nitrogens with zero attached hydrogens (tertiary/aromatic N) is 4. The number of fused-ring (bicyclic) bond motifs is 1. The summed E-state index contributed by atoms with van der Waals surface area (Å²) in [5.41, 5.74) is 1.76. The molecule has 3 heterocycles. The summed E-state index contributed by atoms with van der Waals surface area (Å²) >= 11 is 0. The van der Waals surface area contributed by atoms with Crippen molar-refractivity contribution in [1.29, 1.82) is 0 Å². The summed E-state index contributed by atoms with van der Waals surface area (Å²) in [6, 6.07) is 11.0. The zero-order valence-electron chi connectivity index (χ0n) is 18.1. The molecule has 0 amide bonds. The smallest absolute Gasteiger partial charge is 0.416 e. The van der Waals surface area contributed by atoms with Gasteiger partial charge in [0.1, 0.15) is 11.6 Å². The van der Waals surface area contributed by atoms with Crippen LogP contribution >= 0.6 is 0 Å². The summed E-state index contributed by atoms with van der Waals surface area (Å²) < 4.78 is 52.1. The Morgan fingerprint density at radius 2 is 1.88 bits per heavy atom. The highest BCUT2D eigenvalue weighted by Crippen LogP contribution is 2.38. The second-order valence-corrected chi connectivity index (χ2v) is 8.01. The summed E-state index contributed by atoms with van der Waals surface area (Å²) in [7, 11) is 1.59. The molecule has 0 spiro atoms. The molecule has 33 heavy (non-hydrogen) atoms. The van der Waals surface area contributed by atoms with Crippen molar-refractivity contribution in [2.45, 2.75) is 38.4 Å². The van der Waals surface area contributed by atoms with Gasteiger partial charge in [0.05, 0.1) is 24.4 Å². The minimum absolute atomic E-state index is 0.111. The van der Waals surface area contributed by atoms with E-state index in [0.717, 1.165) is 54.0 Å². The molecule has 2 aromatic carbocycles. The molecule has 0 N–H and O–H groups in total. The molecule has 1 unspecified atom stereocenters. The van der Waals surface area contributed by atoms with Gasteiger partial charge >= 0.3 is 6.18 Å². The van der Waals surface area contributed by atoms with Crippen molar-refractivity contribution in [2.75, 3.05) is 7.11 Å². The molecule has 1 atom stereocenters. The van der Waals surface area contributed by atoms with Gasteiger partial charge in [-0.05, 0) is 42.7 Å². The standard InChI is InChI=1S/C24H21F3N4O2/c1-14-28-13-21(33-14)19-10-7-16(12-20(19)32-2)22-29-30-23-18(4-3-11-31(22)23)15-5-8-17(9-6-15)24(25,26)27/h5-10,12-13,18H,3-4,11H2,1-2H3. The molecular weight excluding hydrogens is 433 g/mol. The van der Waals surface area contributed by atoms with E-state index < -0.39 is 11.7 Å². The van der Waals surface area contributed by atoms with Gasteiger partial charge in [-0.25, -0.2) is 4.98 Å². The van der Waals surface area contributed by atoms with Crippen LogP contribution in [0.5, 0.6) is 5.75 Å². The quantitative estimate of drug-likeness (QED) is 0.386. The average Bonchev–Trinajstić information content (AvgIpc) is 3.44. The van der Waals surface area contributed by atoms with E-state index in [1.807, 2.05) is 22.8 Å². The van der Waals surface area contributed by atoms with Crippen molar-refractivity contribution in [3.05, 3.63) is 71.5 Å². The Kier molecular flexibility index (Phi) is 5.19. The Hall–Kier alpha value is -3.62. The number of oxazole rings is 1. The molecule has 9 heteroatoms. The van der Waals surface area contributed by atoms with Crippen LogP contribution in [0.3, 0.4) is 0 Å². The van der Waals surface area contributed by atoms with Gasteiger partial charge in [-0.3, -0.25) is 0 Å². The van der Waals surface area contributed by atoms with E-state index in [9.17, 15) is 13.2 Å². The van der Waals surface area contributed by atoms with Gasteiger partial charge < -0.3 is 13.7 Å². The number of ether oxygens (including phenoxy) is 1. The number of rotatable bonds is 4. The van der Waals surface area contributed by atoms with Gasteiger partial charge in [0.25, 0.3) is 0 Å². The second kappa shape index (κ2) is 8.06. The maximum atomic E-state index is 12.9. The highest BCUT2D eigenvalue weighted by molar-refractivity contribution is 5.71. The van der Waals surface area contributed by atoms with Crippen LogP contribution in [0.25, 0.3) is 22.7 Å². The van der Waals surface area contributed by atoms with Crippen LogP contribution in [0.15, 0.2) is 53.1 Å². The summed E-state index contributed by atoms with van der Waals surface area (Å²) in [5, 5.41) is 8.85. The normalized spacial score (nSPS) is 16.0. The molecule has 0 radical (unpaired) electrons. The fourth-order valence-corrected chi connectivity index (χ4v) is 4.33. The zero-order chi connectivity index (χ0) is 23.2. The van der Waals surface area contributed by atoms with Crippen LogP contribution in [0.2, 0.25) is 0 Å². The minimum Gasteiger partial charge on any atom is -0.496 e. The third-order valence-corrected chi connectivity index (χ3v) is 5.95. The van der Waals surface area contributed by atoms with Crippen molar-refractivity contribution in [3.63, 3.8) is 0 Å². The number of methoxy groups -OCH3 is 1. The van der Waals surface area contributed by atoms with Crippen molar-refractivity contribution >= 4 is 0 Å². The predicted molar refractivity (Wildman–Crippen MR) is 115 cm³/mol. The number of alkyl halides is 3. The van der Waals surface area contributed by atoms with E-state index in [0.29, 0.717) is 23.2 Å². The monoisotopic (exact) mass is 454 g/mol. The Bertz CT molecular complexity index is 1290. The number of halogens is 3. The molecule has 6 nitrogen and oxygen atoms in total. The molecule has 0 bridgehead atoms. The van der Waals surface area contributed by atoms with Crippen molar-refractivity contribution in [1.82, 2.24) is 19.7 Å². The fourth-order valence-electron chi connectivity index (χ4n) is 4.33. The Morgan fingerprint density at radius 1 is 1.09 bits per heavy atom. The van der Waals surface area contributed by atoms with Crippen molar-refractivity contribution < 1.29 is 22.3 Å². The Balaban J connectivity index is 1.49. The Labute approximate surface area is 188 Å². The number of hydrogen-bond donors (Lipinski definition) is 0. The summed E-state index contributed by atoms with van der Waals surface area (Å²) in [6.45, 7) is 2.51. The van der Waals surface area contributed by atoms with E-state index in [4.69, 9.17) is 9.15 Å². The van der Waals surface area contributed by atoms with Gasteiger partial charge in [-0.15, -0.1) is 10.2 Å². The summed E-state index contributed by atoms with van der Waals surface area (Å²) in [4.78, 5) is 4.14. The molecule has 0 saturated carbocycles. The fraction of sp³-hybridized carbons (Fsp3) is 0.292. The lowest BCUT2D eigenvalue weighted by atomic mass is 9.90. The molecule has 4 aromatic rings. The van der Waals surface area contributed by atoms with Crippen molar-refractivity contribution in [3.8, 4) is 28.5 Å². The molecule has 0 aliphatic carbocycles. The van der Waals surface area contributed by atoms with Crippen LogP contribution < -0.4 is 4.74 Å². The van der Waals surface area contributed by atoms with E-state index in [1.54, 1.807) is 20.2 Å². The van der Waals surface area contributed by atoms with E-state index in [1.165, 1.54) is 12.1 Å². The van der Waals surface area contributed by atoms with Gasteiger partial charge in [0.2, 0.25) is 0 Å². The van der Waals surface area contributed by atoms with E-state index in [-0.39, 0.29) is 5.92 Å². The largest absolute Gasteiger partial charge is 0.496 e. The highest BCUT2D eigenvalue weighted by Gasteiger charge is 2.32. The Morgan fingerprint density at radius 3 is 2.55 bits per heavy atom. The van der Waals surface area contributed by atoms with Gasteiger partial charge in [-0.1, -0.05) is 18.2 Å². The molecule has 170 valence electrons. The maximum Gasteiger partial charge on any atom is 0.416 e. The van der Waals surface area contributed by atoms with E-state index in [2.05, 4.69) is 15.2 Å². The van der Waals surface area contributed by atoms with Crippen LogP contribution in [-0.2, 0) is 12.7 Å². The first-order valence-corrected chi connectivity index (χ1v) is 10.6. The highest BCUT2D eigenvalue weighted by atomic mass is 19.4. The molecule has 1 aliphatic rings. The lowest BCUT2D eigenvalue weighted by Gasteiger charge is -2.24. The first-order valence-electron chi connectivity index (χ1n) is 10.6. The number of aryl methyl sites for hydroxylation is 1. The molecule has 0 fully saturated rings. The second-order valence-electron chi connectivity index (χ2n) is 8.01. The third kappa shape index (κ3) is 3.88.